The van der Waals surface area contributed by atoms with Crippen LogP contribution in [0.2, 0.25) is 5.02 Å². The lowest BCUT2D eigenvalue weighted by Crippen LogP contribution is -2.21. The smallest absolute Gasteiger partial charge is 0.259 e. The van der Waals surface area contributed by atoms with Gasteiger partial charge in [0.1, 0.15) is 17.3 Å². The van der Waals surface area contributed by atoms with Gasteiger partial charge in [0, 0.05) is 57.3 Å². The average molecular weight is 679 g/mol. The summed E-state index contributed by atoms with van der Waals surface area (Å²) in [5, 5.41) is 15.6. The van der Waals surface area contributed by atoms with Crippen LogP contribution in [0.1, 0.15) is 39.9 Å². The van der Waals surface area contributed by atoms with Gasteiger partial charge in [0.05, 0.1) is 56.0 Å². The van der Waals surface area contributed by atoms with Crippen LogP contribution in [0, 0.1) is 11.8 Å². The van der Waals surface area contributed by atoms with Crippen molar-refractivity contribution in [3.8, 4) is 28.8 Å². The molecule has 0 spiro atoms. The Hall–Kier alpha value is -5.54. The van der Waals surface area contributed by atoms with Gasteiger partial charge in [0.25, 0.3) is 5.91 Å². The van der Waals surface area contributed by atoms with Gasteiger partial charge in [0.2, 0.25) is 5.95 Å². The lowest BCUT2D eigenvalue weighted by molar-refractivity contribution is 0.102. The van der Waals surface area contributed by atoms with Crippen molar-refractivity contribution >= 4 is 40.5 Å². The van der Waals surface area contributed by atoms with Crippen molar-refractivity contribution in [3.63, 3.8) is 0 Å². The molecule has 0 saturated carbocycles. The molecule has 12 heteroatoms. The number of aliphatic hydroxyl groups is 1. The van der Waals surface area contributed by atoms with Crippen molar-refractivity contribution in [2.45, 2.75) is 25.4 Å². The highest BCUT2D eigenvalue weighted by Gasteiger charge is 2.28. The number of aliphatic hydroxyl groups excluding tert-OH is 1. The zero-order valence-corrected chi connectivity index (χ0v) is 27.4. The molecule has 2 aliphatic rings. The molecule has 0 bridgehead atoms. The molecule has 10 nitrogen and oxygen atoms in total. The van der Waals surface area contributed by atoms with Crippen LogP contribution in [0.4, 0.5) is 21.7 Å². The number of fused-ring (bicyclic) bond motifs is 3. The summed E-state index contributed by atoms with van der Waals surface area (Å²) in [5.74, 6) is 6.03. The van der Waals surface area contributed by atoms with E-state index in [4.69, 9.17) is 41.9 Å². The van der Waals surface area contributed by atoms with Gasteiger partial charge in [-0.15, -0.1) is 0 Å². The van der Waals surface area contributed by atoms with E-state index < -0.39 is 6.04 Å². The van der Waals surface area contributed by atoms with E-state index in [0.717, 1.165) is 11.1 Å². The van der Waals surface area contributed by atoms with E-state index in [9.17, 15) is 4.79 Å². The summed E-state index contributed by atoms with van der Waals surface area (Å²) < 4.78 is 26.4. The van der Waals surface area contributed by atoms with E-state index in [1.807, 2.05) is 12.1 Å². The first-order chi connectivity index (χ1) is 23.8. The van der Waals surface area contributed by atoms with Crippen molar-refractivity contribution in [2.75, 3.05) is 31.5 Å². The molecule has 1 amide bonds. The largest absolute Gasteiger partial charge is 0.496 e. The number of nitrogens with two attached hydrogens (primary N) is 1. The zero-order chi connectivity index (χ0) is 34.5. The number of methoxy groups -OCH3 is 2. The lowest BCUT2D eigenvalue weighted by atomic mass is 9.91. The van der Waals surface area contributed by atoms with Gasteiger partial charge in [0.15, 0.2) is 0 Å². The standard InChI is InChI=1S/C37H32ClFN6O4/c1-48-31-5-3-4-30(39)33(31)35-29-16-23(38)9-14-27(29)34-22(18-41-35)19-42-37(45-34)44-26-13-15-28(32(17-26)49-2)36(47)43-25-11-7-21(8-12-25)6-10-24(40)20-46/h5,7-9,11-17,19,24,46H,3-4,18,20,40H2,1-2H3,(H,43,47)(H,42,44,45). The summed E-state index contributed by atoms with van der Waals surface area (Å²) in [6.45, 7) is -0.00875. The van der Waals surface area contributed by atoms with Crippen molar-refractivity contribution in [1.82, 2.24) is 9.97 Å². The third-order valence-electron chi connectivity index (χ3n) is 7.88. The Morgan fingerprint density at radius 2 is 1.88 bits per heavy atom. The fourth-order valence-corrected chi connectivity index (χ4v) is 5.63. The number of hydrogen-bond donors (Lipinski definition) is 4. The molecule has 5 N–H and O–H groups in total. The third-order valence-corrected chi connectivity index (χ3v) is 8.11. The van der Waals surface area contributed by atoms with Gasteiger partial charge in [-0.1, -0.05) is 29.5 Å². The molecule has 1 atom stereocenters. The molecule has 2 heterocycles. The number of allylic oxidation sites excluding steroid dienone is 3. The summed E-state index contributed by atoms with van der Waals surface area (Å²) in [5.41, 5.74) is 11.3. The minimum Gasteiger partial charge on any atom is -0.496 e. The number of ether oxygens (including phenoxy) is 2. The summed E-state index contributed by atoms with van der Waals surface area (Å²) in [6.07, 6.45) is 4.34. The third kappa shape index (κ3) is 7.32. The molecule has 49 heavy (non-hydrogen) atoms. The molecule has 0 fully saturated rings. The van der Waals surface area contributed by atoms with E-state index >= 15 is 4.39 Å². The predicted octanol–water partition coefficient (Wildman–Crippen LogP) is 6.32. The van der Waals surface area contributed by atoms with Crippen molar-refractivity contribution in [2.24, 2.45) is 10.7 Å². The van der Waals surface area contributed by atoms with Gasteiger partial charge in [-0.2, -0.15) is 0 Å². The molecule has 0 saturated heterocycles. The Kier molecular flexibility index (Phi) is 10.0. The monoisotopic (exact) mass is 678 g/mol. The number of halogens is 2. The molecule has 1 aromatic heterocycles. The van der Waals surface area contributed by atoms with E-state index in [1.54, 1.807) is 60.8 Å². The highest BCUT2D eigenvalue weighted by atomic mass is 35.5. The number of benzene rings is 3. The molecule has 248 valence electrons. The molecule has 1 unspecified atom stereocenters. The first-order valence-electron chi connectivity index (χ1n) is 15.4. The first kappa shape index (κ1) is 33.4. The van der Waals surface area contributed by atoms with E-state index in [-0.39, 0.29) is 31.3 Å². The Balaban J connectivity index is 1.24. The number of hydrogen-bond acceptors (Lipinski definition) is 9. The zero-order valence-electron chi connectivity index (χ0n) is 26.7. The summed E-state index contributed by atoms with van der Waals surface area (Å²) in [4.78, 5) is 27.3. The predicted molar refractivity (Wildman–Crippen MR) is 188 cm³/mol. The molecule has 0 radical (unpaired) electrons. The van der Waals surface area contributed by atoms with Gasteiger partial charge in [-0.25, -0.2) is 14.4 Å². The minimum absolute atomic E-state index is 0.219. The van der Waals surface area contributed by atoms with Crippen molar-refractivity contribution in [3.05, 3.63) is 117 Å². The number of carbonyl (C=O) groups is 1. The van der Waals surface area contributed by atoms with Crippen LogP contribution < -0.4 is 21.1 Å². The second kappa shape index (κ2) is 14.7. The Labute approximate surface area is 287 Å². The van der Waals surface area contributed by atoms with Crippen LogP contribution in [-0.4, -0.2) is 53.6 Å². The Bertz CT molecular complexity index is 2080. The van der Waals surface area contributed by atoms with Crippen LogP contribution in [-0.2, 0) is 11.3 Å². The number of carbonyl (C=O) groups excluding carboxylic acids is 1. The minimum atomic E-state index is -0.620. The number of anilines is 3. The molecule has 1 aliphatic carbocycles. The second-order valence-electron chi connectivity index (χ2n) is 11.1. The Morgan fingerprint density at radius 3 is 2.63 bits per heavy atom. The maximum absolute atomic E-state index is 15.3. The summed E-state index contributed by atoms with van der Waals surface area (Å²) in [7, 11) is 3.00. The number of amides is 1. The molecular formula is C37H32ClFN6O4. The normalized spacial score (nSPS) is 14.2. The van der Waals surface area contributed by atoms with Gasteiger partial charge in [-0.3, -0.25) is 9.79 Å². The number of nitrogens with zero attached hydrogens (tertiary/aromatic N) is 3. The van der Waals surface area contributed by atoms with Crippen LogP contribution in [0.15, 0.2) is 95.1 Å². The van der Waals surface area contributed by atoms with Gasteiger partial charge in [-0.05, 0) is 61.0 Å². The summed E-state index contributed by atoms with van der Waals surface area (Å²) >= 11 is 6.44. The fourth-order valence-electron chi connectivity index (χ4n) is 5.46. The fraction of sp³-hybridized carbons (Fsp3) is 0.189. The van der Waals surface area contributed by atoms with Gasteiger partial charge < -0.3 is 30.9 Å². The number of aliphatic imine (C=N–C) groups is 1. The highest BCUT2D eigenvalue weighted by Crippen LogP contribution is 2.38. The molecule has 4 aromatic rings. The topological polar surface area (TPSA) is 144 Å². The first-order valence-corrected chi connectivity index (χ1v) is 15.7. The van der Waals surface area contributed by atoms with E-state index in [0.29, 0.717) is 73.9 Å². The lowest BCUT2D eigenvalue weighted by Gasteiger charge is -2.19. The maximum Gasteiger partial charge on any atom is 0.259 e. The second-order valence-corrected chi connectivity index (χ2v) is 11.6. The average Bonchev–Trinajstić information content (AvgIpc) is 3.27. The van der Waals surface area contributed by atoms with Crippen LogP contribution in [0.25, 0.3) is 11.3 Å². The van der Waals surface area contributed by atoms with Crippen LogP contribution in [0.3, 0.4) is 0 Å². The van der Waals surface area contributed by atoms with Crippen molar-refractivity contribution < 1.29 is 23.8 Å². The quantitative estimate of drug-likeness (QED) is 0.159. The van der Waals surface area contributed by atoms with E-state index in [1.165, 1.54) is 14.2 Å². The molecule has 3 aromatic carbocycles. The van der Waals surface area contributed by atoms with E-state index in [2.05, 4.69) is 27.5 Å². The molecule has 1 aliphatic heterocycles. The molecular weight excluding hydrogens is 647 g/mol. The van der Waals surface area contributed by atoms with Crippen molar-refractivity contribution in [1.29, 1.82) is 0 Å². The summed E-state index contributed by atoms with van der Waals surface area (Å²) in [6, 6.07) is 16.7. The van der Waals surface area contributed by atoms with Crippen LogP contribution >= 0.6 is 11.6 Å². The van der Waals surface area contributed by atoms with Crippen LogP contribution in [0.5, 0.6) is 5.75 Å². The Morgan fingerprint density at radius 1 is 1.08 bits per heavy atom. The number of rotatable bonds is 8. The SMILES string of the molecule is COC1=CCCC(F)=C1C1=NCc2cnc(Nc3ccc(C(=O)Nc4ccc(C#CC(N)CO)cc4)c(OC)c3)nc2-c2ccc(Cl)cc21. The molecule has 6 rings (SSSR count). The highest BCUT2D eigenvalue weighted by molar-refractivity contribution is 6.31. The number of nitrogens with one attached hydrogen (secondary N) is 2. The van der Waals surface area contributed by atoms with Gasteiger partial charge >= 0.3 is 0 Å². The maximum atomic E-state index is 15.3. The number of aromatic nitrogens is 2.